The fourth-order valence-corrected chi connectivity index (χ4v) is 3.01. The molecule has 0 unspecified atom stereocenters. The molecule has 0 radical (unpaired) electrons. The van der Waals surface area contributed by atoms with E-state index in [1.807, 2.05) is 11.3 Å². The Morgan fingerprint density at radius 1 is 1.15 bits per heavy atom. The summed E-state index contributed by atoms with van der Waals surface area (Å²) in [5.41, 5.74) is 2.65. The Kier molecular flexibility index (Phi) is 6.09. The van der Waals surface area contributed by atoms with Crippen LogP contribution in [0.1, 0.15) is 17.4 Å². The van der Waals surface area contributed by atoms with Gasteiger partial charge >= 0.3 is 0 Å². The zero-order chi connectivity index (χ0) is 14.2. The van der Waals surface area contributed by atoms with E-state index in [1.54, 1.807) is 0 Å². The van der Waals surface area contributed by atoms with Crippen molar-refractivity contribution in [1.29, 1.82) is 0 Å². The number of thiophene rings is 1. The molecule has 1 N–H and O–H groups in total. The maximum Gasteiger partial charge on any atom is 0.0369 e. The van der Waals surface area contributed by atoms with E-state index in [0.29, 0.717) is 0 Å². The van der Waals surface area contributed by atoms with Crippen LogP contribution >= 0.6 is 11.3 Å². The van der Waals surface area contributed by atoms with Crippen LogP contribution in [-0.4, -0.2) is 26.2 Å². The SMILES string of the molecule is CCN(CCNCCc1cccs1)c1cccc(C)c1. The molecule has 1 aromatic carbocycles. The zero-order valence-electron chi connectivity index (χ0n) is 12.4. The molecule has 0 fully saturated rings. The highest BCUT2D eigenvalue weighted by Crippen LogP contribution is 2.15. The molecule has 2 aromatic rings. The highest BCUT2D eigenvalue weighted by atomic mass is 32.1. The molecule has 3 heteroatoms. The number of likely N-dealkylation sites (N-methyl/N-ethyl adjacent to an activating group) is 1. The molecule has 0 saturated carbocycles. The molecule has 0 saturated heterocycles. The summed E-state index contributed by atoms with van der Waals surface area (Å²) in [5, 5.41) is 5.68. The predicted molar refractivity (Wildman–Crippen MR) is 90.0 cm³/mol. The molecule has 2 nitrogen and oxygen atoms in total. The van der Waals surface area contributed by atoms with Crippen LogP contribution in [0, 0.1) is 6.92 Å². The quantitative estimate of drug-likeness (QED) is 0.745. The van der Waals surface area contributed by atoms with E-state index in [9.17, 15) is 0 Å². The average molecular weight is 288 g/mol. The minimum Gasteiger partial charge on any atom is -0.371 e. The molecule has 0 bridgehead atoms. The van der Waals surface area contributed by atoms with Crippen molar-refractivity contribution >= 4 is 17.0 Å². The van der Waals surface area contributed by atoms with Gasteiger partial charge in [-0.25, -0.2) is 0 Å². The van der Waals surface area contributed by atoms with E-state index in [4.69, 9.17) is 0 Å². The second-order valence-corrected chi connectivity index (χ2v) is 6.03. The van der Waals surface area contributed by atoms with Crippen molar-refractivity contribution in [1.82, 2.24) is 5.32 Å². The Labute approximate surface area is 126 Å². The van der Waals surface area contributed by atoms with E-state index in [2.05, 4.69) is 65.8 Å². The number of hydrogen-bond acceptors (Lipinski definition) is 3. The summed E-state index contributed by atoms with van der Waals surface area (Å²) < 4.78 is 0. The molecular weight excluding hydrogens is 264 g/mol. The van der Waals surface area contributed by atoms with E-state index in [0.717, 1.165) is 32.6 Å². The van der Waals surface area contributed by atoms with Crippen LogP contribution in [0.2, 0.25) is 0 Å². The van der Waals surface area contributed by atoms with Crippen LogP contribution in [0.5, 0.6) is 0 Å². The van der Waals surface area contributed by atoms with Crippen molar-refractivity contribution in [3.63, 3.8) is 0 Å². The lowest BCUT2D eigenvalue weighted by molar-refractivity contribution is 0.665. The molecule has 20 heavy (non-hydrogen) atoms. The largest absolute Gasteiger partial charge is 0.371 e. The van der Waals surface area contributed by atoms with Crippen molar-refractivity contribution in [2.75, 3.05) is 31.1 Å². The Morgan fingerprint density at radius 3 is 2.75 bits per heavy atom. The van der Waals surface area contributed by atoms with E-state index >= 15 is 0 Å². The first-order valence-corrected chi connectivity index (χ1v) is 8.22. The Bertz CT molecular complexity index is 493. The lowest BCUT2D eigenvalue weighted by atomic mass is 10.2. The van der Waals surface area contributed by atoms with Crippen molar-refractivity contribution < 1.29 is 0 Å². The lowest BCUT2D eigenvalue weighted by Gasteiger charge is -2.23. The predicted octanol–water partition coefficient (Wildman–Crippen LogP) is 3.72. The van der Waals surface area contributed by atoms with Crippen molar-refractivity contribution in [2.24, 2.45) is 0 Å². The highest BCUT2D eigenvalue weighted by Gasteiger charge is 2.03. The minimum absolute atomic E-state index is 1.03. The summed E-state index contributed by atoms with van der Waals surface area (Å²) in [6, 6.07) is 13.1. The second-order valence-electron chi connectivity index (χ2n) is 5.00. The molecule has 0 spiro atoms. The minimum atomic E-state index is 1.03. The van der Waals surface area contributed by atoms with Crippen LogP contribution in [-0.2, 0) is 6.42 Å². The first-order chi connectivity index (χ1) is 9.79. The standard InChI is InChI=1S/C17H24N2S/c1-3-19(16-7-4-6-15(2)14-16)12-11-18-10-9-17-8-5-13-20-17/h4-8,13-14,18H,3,9-12H2,1-2H3. The molecule has 0 amide bonds. The second kappa shape index (κ2) is 8.08. The number of anilines is 1. The monoisotopic (exact) mass is 288 g/mol. The van der Waals surface area contributed by atoms with Crippen molar-refractivity contribution in [3.05, 3.63) is 52.2 Å². The fraction of sp³-hybridized carbons (Fsp3) is 0.412. The Morgan fingerprint density at radius 2 is 2.05 bits per heavy atom. The number of benzene rings is 1. The summed E-state index contributed by atoms with van der Waals surface area (Å²) in [4.78, 5) is 3.88. The number of nitrogens with one attached hydrogen (secondary N) is 1. The zero-order valence-corrected chi connectivity index (χ0v) is 13.2. The Hall–Kier alpha value is -1.32. The van der Waals surface area contributed by atoms with Crippen molar-refractivity contribution in [2.45, 2.75) is 20.3 Å². The van der Waals surface area contributed by atoms with E-state index < -0.39 is 0 Å². The number of rotatable bonds is 8. The van der Waals surface area contributed by atoms with Crippen molar-refractivity contribution in [3.8, 4) is 0 Å². The molecule has 0 aliphatic heterocycles. The van der Waals surface area contributed by atoms with Gasteiger partial charge in [0, 0.05) is 36.7 Å². The third kappa shape index (κ3) is 4.66. The highest BCUT2D eigenvalue weighted by molar-refractivity contribution is 7.09. The molecule has 108 valence electrons. The smallest absolute Gasteiger partial charge is 0.0369 e. The van der Waals surface area contributed by atoms with Gasteiger partial charge in [0.2, 0.25) is 0 Å². The summed E-state index contributed by atoms with van der Waals surface area (Å²) in [5.74, 6) is 0. The van der Waals surface area contributed by atoms with Gasteiger partial charge in [-0.2, -0.15) is 0 Å². The van der Waals surface area contributed by atoms with Crippen LogP contribution < -0.4 is 10.2 Å². The summed E-state index contributed by atoms with van der Waals surface area (Å²) >= 11 is 1.84. The van der Waals surface area contributed by atoms with Gasteiger partial charge in [-0.05, 0) is 49.4 Å². The fourth-order valence-electron chi connectivity index (χ4n) is 2.30. The molecular formula is C17H24N2S. The van der Waals surface area contributed by atoms with Crippen LogP contribution in [0.25, 0.3) is 0 Å². The van der Waals surface area contributed by atoms with Crippen LogP contribution in [0.3, 0.4) is 0 Å². The summed E-state index contributed by atoms with van der Waals surface area (Å²) in [6.07, 6.45) is 1.13. The normalized spacial score (nSPS) is 10.7. The van der Waals surface area contributed by atoms with Gasteiger partial charge in [-0.15, -0.1) is 11.3 Å². The topological polar surface area (TPSA) is 15.3 Å². The van der Waals surface area contributed by atoms with Gasteiger partial charge in [0.1, 0.15) is 0 Å². The van der Waals surface area contributed by atoms with Crippen LogP contribution in [0.15, 0.2) is 41.8 Å². The van der Waals surface area contributed by atoms with Gasteiger partial charge < -0.3 is 10.2 Å². The molecule has 0 aliphatic carbocycles. The van der Waals surface area contributed by atoms with E-state index in [1.165, 1.54) is 16.1 Å². The van der Waals surface area contributed by atoms with Gasteiger partial charge in [-0.1, -0.05) is 18.2 Å². The maximum atomic E-state index is 3.54. The summed E-state index contributed by atoms with van der Waals surface area (Å²) in [6.45, 7) is 8.57. The Balaban J connectivity index is 1.71. The van der Waals surface area contributed by atoms with Gasteiger partial charge in [0.05, 0.1) is 0 Å². The molecule has 2 rings (SSSR count). The average Bonchev–Trinajstić information content (AvgIpc) is 2.96. The summed E-state index contributed by atoms with van der Waals surface area (Å²) in [7, 11) is 0. The van der Waals surface area contributed by atoms with Gasteiger partial charge in [0.15, 0.2) is 0 Å². The number of aryl methyl sites for hydroxylation is 1. The number of nitrogens with zero attached hydrogens (tertiary/aromatic N) is 1. The maximum absolute atomic E-state index is 3.54. The molecule has 0 aliphatic rings. The molecule has 1 heterocycles. The van der Waals surface area contributed by atoms with Crippen LogP contribution in [0.4, 0.5) is 5.69 Å². The lowest BCUT2D eigenvalue weighted by Crippen LogP contribution is -2.32. The van der Waals surface area contributed by atoms with E-state index in [-0.39, 0.29) is 0 Å². The first kappa shape index (κ1) is 15.1. The third-order valence-corrected chi connectivity index (χ3v) is 4.37. The van der Waals surface area contributed by atoms with Gasteiger partial charge in [-0.3, -0.25) is 0 Å². The molecule has 1 aromatic heterocycles. The number of hydrogen-bond donors (Lipinski definition) is 1. The van der Waals surface area contributed by atoms with Gasteiger partial charge in [0.25, 0.3) is 0 Å². The first-order valence-electron chi connectivity index (χ1n) is 7.34. The third-order valence-electron chi connectivity index (χ3n) is 3.44. The molecule has 0 atom stereocenters.